The Bertz CT molecular complexity index is 744. The van der Waals surface area contributed by atoms with Crippen LogP contribution in [0.5, 0.6) is 0 Å². The molecule has 3 aromatic rings. The van der Waals surface area contributed by atoms with Crippen LogP contribution in [0.15, 0.2) is 42.5 Å². The molecule has 1 aromatic carbocycles. The number of hydrogen-bond acceptors (Lipinski definition) is 4. The molecule has 4 rings (SSSR count). The van der Waals surface area contributed by atoms with E-state index in [-0.39, 0.29) is 0 Å². The summed E-state index contributed by atoms with van der Waals surface area (Å²) in [6, 6.07) is 14.2. The van der Waals surface area contributed by atoms with Crippen molar-refractivity contribution in [1.82, 2.24) is 19.8 Å². The third kappa shape index (κ3) is 2.24. The molecule has 5 heteroatoms. The van der Waals surface area contributed by atoms with Crippen molar-refractivity contribution in [3.8, 4) is 11.3 Å². The molecule has 5 nitrogen and oxygen atoms in total. The van der Waals surface area contributed by atoms with Gasteiger partial charge in [0, 0.05) is 18.7 Å². The van der Waals surface area contributed by atoms with Crippen molar-refractivity contribution >= 4 is 11.6 Å². The SMILES string of the molecule is c1ccc(-c2ccc3nnc(N4CCCCC4)n3n2)cc1. The zero-order valence-corrected chi connectivity index (χ0v) is 11.8. The molecular weight excluding hydrogens is 262 g/mol. The Kier molecular flexibility index (Phi) is 3.03. The lowest BCUT2D eigenvalue weighted by Gasteiger charge is -2.25. The summed E-state index contributed by atoms with van der Waals surface area (Å²) in [5.41, 5.74) is 2.86. The van der Waals surface area contributed by atoms with Gasteiger partial charge in [0.25, 0.3) is 0 Å². The molecule has 2 aromatic heterocycles. The van der Waals surface area contributed by atoms with Crippen LogP contribution in [0.1, 0.15) is 19.3 Å². The molecule has 0 amide bonds. The smallest absolute Gasteiger partial charge is 0.248 e. The summed E-state index contributed by atoms with van der Waals surface area (Å²) in [5, 5.41) is 13.3. The van der Waals surface area contributed by atoms with Crippen molar-refractivity contribution < 1.29 is 0 Å². The highest BCUT2D eigenvalue weighted by Gasteiger charge is 2.17. The highest BCUT2D eigenvalue weighted by molar-refractivity contribution is 5.60. The molecule has 3 heterocycles. The molecule has 1 aliphatic rings. The highest BCUT2D eigenvalue weighted by Crippen LogP contribution is 2.21. The molecule has 0 unspecified atom stereocenters. The van der Waals surface area contributed by atoms with Crippen molar-refractivity contribution in [3.63, 3.8) is 0 Å². The number of piperidine rings is 1. The van der Waals surface area contributed by atoms with E-state index in [2.05, 4.69) is 27.2 Å². The zero-order valence-electron chi connectivity index (χ0n) is 11.8. The molecular formula is C16H17N5. The highest BCUT2D eigenvalue weighted by atomic mass is 15.5. The van der Waals surface area contributed by atoms with Gasteiger partial charge in [-0.2, -0.15) is 9.61 Å². The second-order valence-electron chi connectivity index (χ2n) is 5.40. The number of aromatic nitrogens is 4. The molecule has 1 aliphatic heterocycles. The summed E-state index contributed by atoms with van der Waals surface area (Å²) in [5.74, 6) is 0.863. The Hall–Kier alpha value is -2.43. The topological polar surface area (TPSA) is 46.3 Å². The predicted molar refractivity (Wildman–Crippen MR) is 82.3 cm³/mol. The molecule has 0 saturated carbocycles. The van der Waals surface area contributed by atoms with Crippen LogP contribution in [0, 0.1) is 0 Å². The summed E-state index contributed by atoms with van der Waals surface area (Å²) in [7, 11) is 0. The van der Waals surface area contributed by atoms with Gasteiger partial charge in [-0.3, -0.25) is 0 Å². The maximum Gasteiger partial charge on any atom is 0.248 e. The first-order valence-electron chi connectivity index (χ1n) is 7.45. The summed E-state index contributed by atoms with van der Waals surface area (Å²) < 4.78 is 1.87. The van der Waals surface area contributed by atoms with Crippen LogP contribution in [0.4, 0.5) is 5.95 Å². The number of hydrogen-bond donors (Lipinski definition) is 0. The minimum absolute atomic E-state index is 0.801. The normalized spacial score (nSPS) is 15.5. The maximum absolute atomic E-state index is 4.73. The van der Waals surface area contributed by atoms with Gasteiger partial charge in [0.15, 0.2) is 5.65 Å². The molecule has 106 valence electrons. The Labute approximate surface area is 123 Å². The summed E-state index contributed by atoms with van der Waals surface area (Å²) in [4.78, 5) is 2.28. The molecule has 1 fully saturated rings. The van der Waals surface area contributed by atoms with E-state index in [1.807, 2.05) is 34.8 Å². The molecule has 0 N–H and O–H groups in total. The zero-order chi connectivity index (χ0) is 14.1. The average molecular weight is 279 g/mol. The second kappa shape index (κ2) is 5.16. The number of benzene rings is 1. The van der Waals surface area contributed by atoms with Crippen molar-refractivity contribution in [2.24, 2.45) is 0 Å². The van der Waals surface area contributed by atoms with Crippen LogP contribution in [0.25, 0.3) is 16.9 Å². The van der Waals surface area contributed by atoms with E-state index in [4.69, 9.17) is 5.10 Å². The molecule has 0 atom stereocenters. The number of nitrogens with zero attached hydrogens (tertiary/aromatic N) is 5. The fraction of sp³-hybridized carbons (Fsp3) is 0.312. The fourth-order valence-electron chi connectivity index (χ4n) is 2.83. The second-order valence-corrected chi connectivity index (χ2v) is 5.40. The van der Waals surface area contributed by atoms with Crippen LogP contribution in [0.3, 0.4) is 0 Å². The lowest BCUT2D eigenvalue weighted by molar-refractivity contribution is 0.563. The Morgan fingerprint density at radius 3 is 2.43 bits per heavy atom. The van der Waals surface area contributed by atoms with Gasteiger partial charge in [-0.05, 0) is 31.4 Å². The monoisotopic (exact) mass is 279 g/mol. The van der Waals surface area contributed by atoms with Crippen molar-refractivity contribution in [3.05, 3.63) is 42.5 Å². The number of anilines is 1. The molecule has 0 aliphatic carbocycles. The number of rotatable bonds is 2. The Balaban J connectivity index is 1.79. The molecule has 0 bridgehead atoms. The minimum atomic E-state index is 0.801. The predicted octanol–water partition coefficient (Wildman–Crippen LogP) is 2.78. The van der Waals surface area contributed by atoms with Crippen LogP contribution in [0.2, 0.25) is 0 Å². The average Bonchev–Trinajstić information content (AvgIpc) is 2.99. The van der Waals surface area contributed by atoms with E-state index in [0.29, 0.717) is 0 Å². The van der Waals surface area contributed by atoms with E-state index in [1.54, 1.807) is 0 Å². The summed E-state index contributed by atoms with van der Waals surface area (Å²) in [6.07, 6.45) is 3.73. The first-order valence-corrected chi connectivity index (χ1v) is 7.45. The van der Waals surface area contributed by atoms with Crippen LogP contribution in [-0.2, 0) is 0 Å². The van der Waals surface area contributed by atoms with Crippen molar-refractivity contribution in [2.75, 3.05) is 18.0 Å². The van der Waals surface area contributed by atoms with Gasteiger partial charge in [-0.15, -0.1) is 10.2 Å². The van der Waals surface area contributed by atoms with Crippen molar-refractivity contribution in [2.45, 2.75) is 19.3 Å². The quantitative estimate of drug-likeness (QED) is 0.723. The summed E-state index contributed by atoms with van der Waals surface area (Å²) >= 11 is 0. The van der Waals surface area contributed by atoms with Gasteiger partial charge in [0.05, 0.1) is 5.69 Å². The van der Waals surface area contributed by atoms with Gasteiger partial charge in [-0.1, -0.05) is 30.3 Å². The van der Waals surface area contributed by atoms with E-state index in [0.717, 1.165) is 35.9 Å². The fourth-order valence-corrected chi connectivity index (χ4v) is 2.83. The van der Waals surface area contributed by atoms with Crippen LogP contribution >= 0.6 is 0 Å². The first-order chi connectivity index (χ1) is 10.4. The third-order valence-electron chi connectivity index (χ3n) is 3.95. The third-order valence-corrected chi connectivity index (χ3v) is 3.95. The Morgan fingerprint density at radius 2 is 1.62 bits per heavy atom. The van der Waals surface area contributed by atoms with E-state index < -0.39 is 0 Å². The van der Waals surface area contributed by atoms with Gasteiger partial charge in [-0.25, -0.2) is 0 Å². The standard InChI is InChI=1S/C16H17N5/c1-3-7-13(8-4-1)14-9-10-15-17-18-16(21(15)19-14)20-11-5-2-6-12-20/h1,3-4,7-10H,2,5-6,11-12H2. The molecule has 21 heavy (non-hydrogen) atoms. The Morgan fingerprint density at radius 1 is 0.810 bits per heavy atom. The van der Waals surface area contributed by atoms with Gasteiger partial charge in [0.2, 0.25) is 5.95 Å². The minimum Gasteiger partial charge on any atom is -0.339 e. The molecule has 1 saturated heterocycles. The largest absolute Gasteiger partial charge is 0.339 e. The van der Waals surface area contributed by atoms with Crippen LogP contribution in [-0.4, -0.2) is 32.9 Å². The van der Waals surface area contributed by atoms with Crippen LogP contribution < -0.4 is 4.90 Å². The van der Waals surface area contributed by atoms with Gasteiger partial charge in [0.1, 0.15) is 0 Å². The maximum atomic E-state index is 4.73. The summed E-state index contributed by atoms with van der Waals surface area (Å²) in [6.45, 7) is 2.08. The van der Waals surface area contributed by atoms with E-state index in [1.165, 1.54) is 19.3 Å². The van der Waals surface area contributed by atoms with E-state index >= 15 is 0 Å². The first kappa shape index (κ1) is 12.3. The molecule has 0 radical (unpaired) electrons. The van der Waals surface area contributed by atoms with Gasteiger partial charge < -0.3 is 4.90 Å². The lowest BCUT2D eigenvalue weighted by Crippen LogP contribution is -2.31. The van der Waals surface area contributed by atoms with E-state index in [9.17, 15) is 0 Å². The van der Waals surface area contributed by atoms with Crippen molar-refractivity contribution in [1.29, 1.82) is 0 Å². The van der Waals surface area contributed by atoms with Gasteiger partial charge >= 0.3 is 0 Å². The lowest BCUT2D eigenvalue weighted by atomic mass is 10.1. The number of fused-ring (bicyclic) bond motifs is 1. The molecule has 0 spiro atoms.